The lowest BCUT2D eigenvalue weighted by atomic mass is 10.1. The number of nitrogens with one attached hydrogen (secondary N) is 3. The van der Waals surface area contributed by atoms with Crippen molar-refractivity contribution in [2.75, 3.05) is 13.1 Å². The van der Waals surface area contributed by atoms with Crippen LogP contribution in [-0.4, -0.2) is 38.8 Å². The fourth-order valence-electron chi connectivity index (χ4n) is 3.17. The molecule has 0 amide bonds. The van der Waals surface area contributed by atoms with Crippen molar-refractivity contribution in [3.63, 3.8) is 0 Å². The maximum Gasteiger partial charge on any atom is 0.191 e. The van der Waals surface area contributed by atoms with Gasteiger partial charge >= 0.3 is 0 Å². The molecule has 1 aromatic carbocycles. The molecule has 0 saturated carbocycles. The summed E-state index contributed by atoms with van der Waals surface area (Å²) in [7, 11) is 1.95. The van der Waals surface area contributed by atoms with Crippen molar-refractivity contribution >= 4 is 40.8 Å². The highest BCUT2D eigenvalue weighted by molar-refractivity contribution is 14.0. The number of nitrogens with zero attached hydrogens (tertiary/aromatic N) is 4. The molecule has 0 aliphatic carbocycles. The first kappa shape index (κ1) is 22.9. The van der Waals surface area contributed by atoms with E-state index in [0.717, 1.165) is 37.0 Å². The summed E-state index contributed by atoms with van der Waals surface area (Å²) in [6.07, 6.45) is 5.86. The molecule has 0 saturated heterocycles. The normalized spacial score (nSPS) is 11.3. The van der Waals surface area contributed by atoms with E-state index in [2.05, 4.69) is 68.7 Å². The Kier molecular flexibility index (Phi) is 8.69. The predicted octanol–water partition coefficient (Wildman–Crippen LogP) is 3.25. The number of guanidine groups is 1. The molecule has 0 bridgehead atoms. The molecular formula is C21H30IN7. The number of para-hydroxylation sites is 1. The number of hydrogen-bond acceptors (Lipinski definition) is 3. The van der Waals surface area contributed by atoms with Crippen LogP contribution in [0, 0.1) is 6.92 Å². The largest absolute Gasteiger partial charge is 0.361 e. The van der Waals surface area contributed by atoms with Crippen LogP contribution in [0.4, 0.5) is 0 Å². The number of aliphatic imine (C=N–C) groups is 1. The van der Waals surface area contributed by atoms with Gasteiger partial charge in [-0.05, 0) is 30.9 Å². The monoisotopic (exact) mass is 507 g/mol. The molecule has 3 N–H and O–H groups in total. The minimum atomic E-state index is 0. The summed E-state index contributed by atoms with van der Waals surface area (Å²) >= 11 is 0. The van der Waals surface area contributed by atoms with Crippen LogP contribution in [-0.2, 0) is 26.4 Å². The highest BCUT2D eigenvalue weighted by atomic mass is 127. The summed E-state index contributed by atoms with van der Waals surface area (Å²) in [5.41, 5.74) is 3.91. The molecule has 7 nitrogen and oxygen atoms in total. The summed E-state index contributed by atoms with van der Waals surface area (Å²) < 4.78 is 1.95. The molecule has 8 heteroatoms. The standard InChI is InChI=1S/C21H29N7.HI/c1-5-11-22-21(25-14-19-27-26-15(3)28(19)4)23-12-10-17-13-24-20-16(6-2)8-7-9-18(17)20;/h5,7-9,13,24H,1,6,10-12,14H2,2-4H3,(H2,22,23,25);1H. The summed E-state index contributed by atoms with van der Waals surface area (Å²) in [6, 6.07) is 6.49. The first-order chi connectivity index (χ1) is 13.6. The van der Waals surface area contributed by atoms with Crippen molar-refractivity contribution in [3.8, 4) is 0 Å². The molecule has 29 heavy (non-hydrogen) atoms. The third kappa shape index (κ3) is 5.59. The van der Waals surface area contributed by atoms with Gasteiger partial charge in [-0.25, -0.2) is 4.99 Å². The van der Waals surface area contributed by atoms with E-state index < -0.39 is 0 Å². The van der Waals surface area contributed by atoms with E-state index in [4.69, 9.17) is 0 Å². The molecule has 3 rings (SSSR count). The zero-order valence-corrected chi connectivity index (χ0v) is 19.7. The number of fused-ring (bicyclic) bond motifs is 1. The molecule has 0 aliphatic rings. The van der Waals surface area contributed by atoms with Gasteiger partial charge in [-0.3, -0.25) is 0 Å². The molecule has 0 fully saturated rings. The van der Waals surface area contributed by atoms with Crippen molar-refractivity contribution in [3.05, 3.63) is 59.8 Å². The number of rotatable bonds is 8. The van der Waals surface area contributed by atoms with Gasteiger partial charge in [0.05, 0.1) is 0 Å². The van der Waals surface area contributed by atoms with Gasteiger partial charge in [-0.2, -0.15) is 0 Å². The molecular weight excluding hydrogens is 477 g/mol. The Hall–Kier alpha value is -2.36. The second-order valence-corrected chi connectivity index (χ2v) is 6.74. The summed E-state index contributed by atoms with van der Waals surface area (Å²) in [4.78, 5) is 8.06. The first-order valence-corrected chi connectivity index (χ1v) is 9.69. The number of benzene rings is 1. The van der Waals surface area contributed by atoms with Gasteiger partial charge in [0, 0.05) is 37.2 Å². The number of aryl methyl sites for hydroxylation is 2. The Labute approximate surface area is 189 Å². The van der Waals surface area contributed by atoms with Crippen molar-refractivity contribution in [2.24, 2.45) is 12.0 Å². The lowest BCUT2D eigenvalue weighted by Gasteiger charge is -2.11. The van der Waals surface area contributed by atoms with Crippen molar-refractivity contribution < 1.29 is 0 Å². The quantitative estimate of drug-likeness (QED) is 0.189. The molecule has 156 valence electrons. The van der Waals surface area contributed by atoms with E-state index in [1.807, 2.05) is 24.6 Å². The maximum atomic E-state index is 4.63. The van der Waals surface area contributed by atoms with Gasteiger partial charge in [0.2, 0.25) is 0 Å². The topological polar surface area (TPSA) is 82.9 Å². The smallest absolute Gasteiger partial charge is 0.191 e. The number of H-pyrrole nitrogens is 1. The fourth-order valence-corrected chi connectivity index (χ4v) is 3.17. The molecule has 0 radical (unpaired) electrons. The third-order valence-electron chi connectivity index (χ3n) is 4.93. The second kappa shape index (κ2) is 11.0. The summed E-state index contributed by atoms with van der Waals surface area (Å²) in [5.74, 6) is 2.46. The van der Waals surface area contributed by atoms with E-state index >= 15 is 0 Å². The van der Waals surface area contributed by atoms with Crippen LogP contribution < -0.4 is 10.6 Å². The number of hydrogen-bond donors (Lipinski definition) is 3. The minimum absolute atomic E-state index is 0. The second-order valence-electron chi connectivity index (χ2n) is 6.74. The zero-order valence-electron chi connectivity index (χ0n) is 17.3. The van der Waals surface area contributed by atoms with Crippen LogP contribution in [0.3, 0.4) is 0 Å². The van der Waals surface area contributed by atoms with Crippen LogP contribution in [0.25, 0.3) is 10.9 Å². The van der Waals surface area contributed by atoms with Crippen molar-refractivity contribution in [1.29, 1.82) is 0 Å². The Bertz CT molecular complexity index is 971. The molecule has 0 atom stereocenters. The van der Waals surface area contributed by atoms with Crippen LogP contribution in [0.1, 0.15) is 29.7 Å². The highest BCUT2D eigenvalue weighted by Gasteiger charge is 2.08. The lowest BCUT2D eigenvalue weighted by Crippen LogP contribution is -2.38. The Morgan fingerprint density at radius 2 is 2.10 bits per heavy atom. The van der Waals surface area contributed by atoms with E-state index in [0.29, 0.717) is 13.1 Å². The lowest BCUT2D eigenvalue weighted by molar-refractivity contribution is 0.757. The van der Waals surface area contributed by atoms with Gasteiger partial charge in [0.1, 0.15) is 12.4 Å². The zero-order chi connectivity index (χ0) is 19.9. The summed E-state index contributed by atoms with van der Waals surface area (Å²) in [5, 5.41) is 16.2. The van der Waals surface area contributed by atoms with E-state index in [1.165, 1.54) is 22.0 Å². The molecule has 0 unspecified atom stereocenters. The fraction of sp³-hybridized carbons (Fsp3) is 0.381. The minimum Gasteiger partial charge on any atom is -0.361 e. The molecule has 2 aromatic heterocycles. The summed E-state index contributed by atoms with van der Waals surface area (Å²) in [6.45, 7) is 9.78. The molecule has 3 aromatic rings. The van der Waals surface area contributed by atoms with Crippen molar-refractivity contribution in [2.45, 2.75) is 33.2 Å². The average molecular weight is 507 g/mol. The van der Waals surface area contributed by atoms with Gasteiger partial charge in [-0.15, -0.1) is 40.8 Å². The third-order valence-corrected chi connectivity index (χ3v) is 4.93. The van der Waals surface area contributed by atoms with E-state index in [1.54, 1.807) is 0 Å². The first-order valence-electron chi connectivity index (χ1n) is 9.69. The van der Waals surface area contributed by atoms with Gasteiger partial charge in [-0.1, -0.05) is 31.2 Å². The number of aromatic amines is 1. The van der Waals surface area contributed by atoms with E-state index in [9.17, 15) is 0 Å². The van der Waals surface area contributed by atoms with Gasteiger partial charge in [0.15, 0.2) is 11.8 Å². The van der Waals surface area contributed by atoms with Gasteiger partial charge < -0.3 is 20.2 Å². The number of aromatic nitrogens is 4. The maximum absolute atomic E-state index is 4.63. The number of halogens is 1. The van der Waals surface area contributed by atoms with Crippen LogP contribution in [0.2, 0.25) is 0 Å². The predicted molar refractivity (Wildman–Crippen MR) is 130 cm³/mol. The van der Waals surface area contributed by atoms with E-state index in [-0.39, 0.29) is 24.0 Å². The van der Waals surface area contributed by atoms with Crippen LogP contribution in [0.15, 0.2) is 42.0 Å². The Morgan fingerprint density at radius 1 is 1.28 bits per heavy atom. The Balaban J connectivity index is 0.00000300. The van der Waals surface area contributed by atoms with Crippen LogP contribution in [0.5, 0.6) is 0 Å². The Morgan fingerprint density at radius 3 is 2.79 bits per heavy atom. The average Bonchev–Trinajstić information content (AvgIpc) is 3.27. The van der Waals surface area contributed by atoms with Gasteiger partial charge in [0.25, 0.3) is 0 Å². The molecule has 0 aliphatic heterocycles. The molecule has 0 spiro atoms. The van der Waals surface area contributed by atoms with Crippen molar-refractivity contribution in [1.82, 2.24) is 30.4 Å². The SMILES string of the molecule is C=CCNC(=NCc1nnc(C)n1C)NCCc1c[nH]c2c(CC)cccc12.I. The van der Waals surface area contributed by atoms with Crippen LogP contribution >= 0.6 is 24.0 Å². The molecule has 2 heterocycles. The highest BCUT2D eigenvalue weighted by Crippen LogP contribution is 2.22.